The molecule has 106 valence electrons. The van der Waals surface area contributed by atoms with E-state index < -0.39 is 11.9 Å². The molecule has 2 aromatic heterocycles. The van der Waals surface area contributed by atoms with Crippen LogP contribution in [0.1, 0.15) is 11.3 Å². The highest BCUT2D eigenvalue weighted by Crippen LogP contribution is 2.15. The Kier molecular flexibility index (Phi) is 4.41. The number of nitrogens with one attached hydrogen (secondary N) is 1. The number of anilines is 1. The fraction of sp³-hybridized carbons (Fsp3) is 0.143. The number of amides is 1. The molecule has 0 aliphatic heterocycles. The molecule has 21 heavy (non-hydrogen) atoms. The van der Waals surface area contributed by atoms with Crippen LogP contribution in [-0.4, -0.2) is 22.5 Å². The van der Waals surface area contributed by atoms with Gasteiger partial charge >= 0.3 is 0 Å². The monoisotopic (exact) mass is 286 g/mol. The molecular formula is C14H11FN4O2. The van der Waals surface area contributed by atoms with Crippen molar-refractivity contribution in [3.8, 4) is 11.8 Å². The smallest absolute Gasteiger partial charge is 0.263 e. The van der Waals surface area contributed by atoms with Crippen LogP contribution >= 0.6 is 0 Å². The first-order valence-corrected chi connectivity index (χ1v) is 6.00. The maximum Gasteiger partial charge on any atom is 0.263 e. The summed E-state index contributed by atoms with van der Waals surface area (Å²) in [5.74, 6) is -0.787. The SMILES string of the molecule is Cc1ccc(NC(=O)COc2ccc(F)nc2C#N)nc1. The highest BCUT2D eigenvalue weighted by atomic mass is 19.1. The Balaban J connectivity index is 1.95. The molecule has 2 rings (SSSR count). The van der Waals surface area contributed by atoms with Crippen molar-refractivity contribution < 1.29 is 13.9 Å². The summed E-state index contributed by atoms with van der Waals surface area (Å²) in [4.78, 5) is 19.1. The van der Waals surface area contributed by atoms with Gasteiger partial charge in [-0.05, 0) is 30.7 Å². The maximum atomic E-state index is 12.8. The fourth-order valence-corrected chi connectivity index (χ4v) is 1.48. The van der Waals surface area contributed by atoms with Crippen molar-refractivity contribution in [1.82, 2.24) is 9.97 Å². The summed E-state index contributed by atoms with van der Waals surface area (Å²) in [7, 11) is 0. The summed E-state index contributed by atoms with van der Waals surface area (Å²) in [6.07, 6.45) is 1.62. The zero-order valence-corrected chi connectivity index (χ0v) is 11.1. The third kappa shape index (κ3) is 3.98. The zero-order valence-electron chi connectivity index (χ0n) is 11.1. The number of rotatable bonds is 4. The molecule has 0 radical (unpaired) electrons. The number of nitrogens with zero attached hydrogens (tertiary/aromatic N) is 3. The molecule has 0 spiro atoms. The molecule has 1 amide bonds. The second-order valence-electron chi connectivity index (χ2n) is 4.15. The predicted octanol–water partition coefficient (Wildman–Crippen LogP) is 1.81. The quantitative estimate of drug-likeness (QED) is 0.866. The molecule has 0 aliphatic rings. The first kappa shape index (κ1) is 14.4. The van der Waals surface area contributed by atoms with Gasteiger partial charge < -0.3 is 10.1 Å². The van der Waals surface area contributed by atoms with Gasteiger partial charge in [0, 0.05) is 6.20 Å². The van der Waals surface area contributed by atoms with E-state index in [1.807, 2.05) is 6.92 Å². The molecule has 7 heteroatoms. The summed E-state index contributed by atoms with van der Waals surface area (Å²) < 4.78 is 18.0. The summed E-state index contributed by atoms with van der Waals surface area (Å²) in [5, 5.41) is 11.3. The maximum absolute atomic E-state index is 12.8. The van der Waals surface area contributed by atoms with E-state index in [0.717, 1.165) is 11.6 Å². The number of carbonyl (C=O) groups is 1. The lowest BCUT2D eigenvalue weighted by Gasteiger charge is -2.07. The van der Waals surface area contributed by atoms with E-state index in [2.05, 4.69) is 15.3 Å². The van der Waals surface area contributed by atoms with Crippen LogP contribution in [0.3, 0.4) is 0 Å². The van der Waals surface area contributed by atoms with Crippen molar-refractivity contribution in [2.24, 2.45) is 0 Å². The van der Waals surface area contributed by atoms with Gasteiger partial charge in [-0.1, -0.05) is 6.07 Å². The molecule has 0 aliphatic carbocycles. The topological polar surface area (TPSA) is 87.9 Å². The Bertz CT molecular complexity index is 695. The standard InChI is InChI=1S/C14H11FN4O2/c1-9-2-5-13(17-7-9)19-14(20)8-21-11-3-4-12(15)18-10(11)6-16/h2-5,7H,8H2,1H3,(H,17,19,20). The Morgan fingerprint density at radius 2 is 2.24 bits per heavy atom. The molecule has 2 heterocycles. The van der Waals surface area contributed by atoms with E-state index in [1.54, 1.807) is 24.4 Å². The van der Waals surface area contributed by atoms with Gasteiger partial charge in [0.2, 0.25) is 5.95 Å². The number of ether oxygens (including phenoxy) is 1. The Morgan fingerprint density at radius 1 is 1.43 bits per heavy atom. The minimum atomic E-state index is -0.785. The van der Waals surface area contributed by atoms with E-state index in [9.17, 15) is 9.18 Å². The molecular weight excluding hydrogens is 275 g/mol. The van der Waals surface area contributed by atoms with Gasteiger partial charge in [-0.15, -0.1) is 0 Å². The van der Waals surface area contributed by atoms with E-state index in [4.69, 9.17) is 10.00 Å². The molecule has 0 aromatic carbocycles. The third-order valence-corrected chi connectivity index (χ3v) is 2.47. The van der Waals surface area contributed by atoms with Gasteiger partial charge in [-0.2, -0.15) is 9.65 Å². The molecule has 0 fully saturated rings. The second kappa shape index (κ2) is 6.43. The lowest BCUT2D eigenvalue weighted by atomic mass is 10.3. The third-order valence-electron chi connectivity index (χ3n) is 2.47. The number of halogens is 1. The lowest BCUT2D eigenvalue weighted by molar-refractivity contribution is -0.118. The average molecular weight is 286 g/mol. The van der Waals surface area contributed by atoms with Crippen molar-refractivity contribution in [2.75, 3.05) is 11.9 Å². The zero-order chi connectivity index (χ0) is 15.2. The van der Waals surface area contributed by atoms with Gasteiger partial charge in [-0.25, -0.2) is 9.97 Å². The number of aryl methyl sites for hydroxylation is 1. The van der Waals surface area contributed by atoms with Crippen LogP contribution < -0.4 is 10.1 Å². The van der Waals surface area contributed by atoms with Crippen molar-refractivity contribution in [2.45, 2.75) is 6.92 Å². The van der Waals surface area contributed by atoms with E-state index >= 15 is 0 Å². The van der Waals surface area contributed by atoms with Crippen molar-refractivity contribution in [1.29, 1.82) is 5.26 Å². The number of nitriles is 1. The summed E-state index contributed by atoms with van der Waals surface area (Å²) in [6.45, 7) is 1.55. The lowest BCUT2D eigenvalue weighted by Crippen LogP contribution is -2.21. The van der Waals surface area contributed by atoms with E-state index in [-0.39, 0.29) is 18.1 Å². The van der Waals surface area contributed by atoms with Crippen LogP contribution in [0.25, 0.3) is 0 Å². The molecule has 2 aromatic rings. The van der Waals surface area contributed by atoms with Crippen LogP contribution in [-0.2, 0) is 4.79 Å². The Morgan fingerprint density at radius 3 is 2.90 bits per heavy atom. The Labute approximate surface area is 120 Å². The summed E-state index contributed by atoms with van der Waals surface area (Å²) in [6, 6.07) is 7.46. The van der Waals surface area contributed by atoms with Crippen LogP contribution in [0.4, 0.5) is 10.2 Å². The minimum Gasteiger partial charge on any atom is -0.481 e. The normalized spacial score (nSPS) is 9.76. The minimum absolute atomic E-state index is 0.0471. The predicted molar refractivity (Wildman–Crippen MR) is 72.0 cm³/mol. The number of aromatic nitrogens is 2. The molecule has 0 saturated carbocycles. The van der Waals surface area contributed by atoms with Gasteiger partial charge in [-0.3, -0.25) is 4.79 Å². The number of hydrogen-bond donors (Lipinski definition) is 1. The highest BCUT2D eigenvalue weighted by Gasteiger charge is 2.09. The number of hydrogen-bond acceptors (Lipinski definition) is 5. The molecule has 0 saturated heterocycles. The first-order valence-electron chi connectivity index (χ1n) is 6.00. The van der Waals surface area contributed by atoms with Gasteiger partial charge in [0.25, 0.3) is 5.91 Å². The average Bonchev–Trinajstić information content (AvgIpc) is 2.48. The van der Waals surface area contributed by atoms with Crippen LogP contribution in [0.2, 0.25) is 0 Å². The molecule has 0 bridgehead atoms. The van der Waals surface area contributed by atoms with Crippen LogP contribution in [0.15, 0.2) is 30.5 Å². The van der Waals surface area contributed by atoms with Crippen molar-refractivity contribution >= 4 is 11.7 Å². The van der Waals surface area contributed by atoms with E-state index in [0.29, 0.717) is 5.82 Å². The van der Waals surface area contributed by atoms with Gasteiger partial charge in [0.1, 0.15) is 11.9 Å². The highest BCUT2D eigenvalue weighted by molar-refractivity contribution is 5.90. The largest absolute Gasteiger partial charge is 0.481 e. The number of pyridine rings is 2. The first-order chi connectivity index (χ1) is 10.1. The van der Waals surface area contributed by atoms with Crippen molar-refractivity contribution in [3.05, 3.63) is 47.7 Å². The van der Waals surface area contributed by atoms with Gasteiger partial charge in [0.15, 0.2) is 18.1 Å². The van der Waals surface area contributed by atoms with E-state index in [1.165, 1.54) is 6.07 Å². The molecule has 6 nitrogen and oxygen atoms in total. The fourth-order valence-electron chi connectivity index (χ4n) is 1.48. The van der Waals surface area contributed by atoms with Crippen molar-refractivity contribution in [3.63, 3.8) is 0 Å². The van der Waals surface area contributed by atoms with Crippen LogP contribution in [0, 0.1) is 24.2 Å². The van der Waals surface area contributed by atoms with Crippen LogP contribution in [0.5, 0.6) is 5.75 Å². The molecule has 0 atom stereocenters. The van der Waals surface area contributed by atoms with Gasteiger partial charge in [0.05, 0.1) is 0 Å². The Hall–Kier alpha value is -3.01. The summed E-state index contributed by atoms with van der Waals surface area (Å²) in [5.41, 5.74) is 0.761. The molecule has 1 N–H and O–H groups in total. The summed E-state index contributed by atoms with van der Waals surface area (Å²) >= 11 is 0. The molecule has 0 unspecified atom stereocenters. The number of carbonyl (C=O) groups excluding carboxylic acids is 1. The second-order valence-corrected chi connectivity index (χ2v) is 4.15.